The first-order valence-electron chi connectivity index (χ1n) is 7.41. The highest BCUT2D eigenvalue weighted by Gasteiger charge is 2.08. The van der Waals surface area contributed by atoms with Crippen LogP contribution in [-0.4, -0.2) is 15.5 Å². The topological polar surface area (TPSA) is 46.9 Å². The largest absolute Gasteiger partial charge is 0.349 e. The number of pyridine rings is 1. The lowest BCUT2D eigenvalue weighted by Crippen LogP contribution is -2.15. The van der Waals surface area contributed by atoms with Crippen LogP contribution in [0.2, 0.25) is 0 Å². The molecule has 0 aliphatic heterocycles. The first-order valence-corrected chi connectivity index (χ1v) is 7.41. The molecule has 0 saturated carbocycles. The Labute approximate surface area is 129 Å². The van der Waals surface area contributed by atoms with Crippen LogP contribution in [0, 0.1) is 13.8 Å². The molecule has 0 saturated heterocycles. The summed E-state index contributed by atoms with van der Waals surface area (Å²) in [5, 5.41) is 4.00. The minimum absolute atomic E-state index is 0.00523. The summed E-state index contributed by atoms with van der Waals surface area (Å²) in [7, 11) is 0. The molecule has 2 heterocycles. The van der Waals surface area contributed by atoms with Crippen molar-refractivity contribution in [2.45, 2.75) is 26.8 Å². The van der Waals surface area contributed by atoms with Crippen molar-refractivity contribution in [1.82, 2.24) is 9.55 Å². The van der Waals surface area contributed by atoms with E-state index in [0.717, 1.165) is 16.6 Å². The van der Waals surface area contributed by atoms with E-state index in [9.17, 15) is 4.79 Å². The van der Waals surface area contributed by atoms with Crippen LogP contribution in [0.4, 0.5) is 5.69 Å². The van der Waals surface area contributed by atoms with Gasteiger partial charge >= 0.3 is 0 Å². The van der Waals surface area contributed by atoms with Crippen LogP contribution in [0.1, 0.15) is 17.8 Å². The number of rotatable bonds is 4. The summed E-state index contributed by atoms with van der Waals surface area (Å²) in [6.45, 7) is 4.80. The SMILES string of the molecule is Cc1ccc(C)n1CCC(=O)Nc1cccc2cccnc12. The van der Waals surface area contributed by atoms with Crippen molar-refractivity contribution in [2.24, 2.45) is 0 Å². The monoisotopic (exact) mass is 293 g/mol. The number of benzene rings is 1. The average molecular weight is 293 g/mol. The highest BCUT2D eigenvalue weighted by Crippen LogP contribution is 2.20. The van der Waals surface area contributed by atoms with Crippen LogP contribution < -0.4 is 5.32 Å². The Kier molecular flexibility index (Phi) is 3.92. The molecule has 0 radical (unpaired) electrons. The zero-order valence-electron chi connectivity index (χ0n) is 12.8. The number of carbonyl (C=O) groups is 1. The number of aromatic nitrogens is 2. The highest BCUT2D eigenvalue weighted by atomic mass is 16.1. The zero-order valence-corrected chi connectivity index (χ0v) is 12.8. The van der Waals surface area contributed by atoms with E-state index in [2.05, 4.69) is 40.8 Å². The van der Waals surface area contributed by atoms with Gasteiger partial charge in [-0.05, 0) is 38.1 Å². The Morgan fingerprint density at radius 1 is 1.09 bits per heavy atom. The summed E-state index contributed by atoms with van der Waals surface area (Å²) < 4.78 is 2.15. The van der Waals surface area contributed by atoms with Gasteiger partial charge in [-0.2, -0.15) is 0 Å². The molecule has 3 rings (SSSR count). The quantitative estimate of drug-likeness (QED) is 0.797. The molecule has 1 aromatic carbocycles. The fourth-order valence-electron chi connectivity index (χ4n) is 2.68. The van der Waals surface area contributed by atoms with Gasteiger partial charge in [0.15, 0.2) is 0 Å². The Bertz CT molecular complexity index is 795. The van der Waals surface area contributed by atoms with Gasteiger partial charge in [0.25, 0.3) is 0 Å². The smallest absolute Gasteiger partial charge is 0.226 e. The number of amides is 1. The van der Waals surface area contributed by atoms with Crippen molar-refractivity contribution in [3.05, 3.63) is 60.0 Å². The molecule has 4 nitrogen and oxygen atoms in total. The van der Waals surface area contributed by atoms with E-state index >= 15 is 0 Å². The van der Waals surface area contributed by atoms with Crippen molar-refractivity contribution in [2.75, 3.05) is 5.32 Å². The highest BCUT2D eigenvalue weighted by molar-refractivity contribution is 6.00. The Morgan fingerprint density at radius 2 is 1.82 bits per heavy atom. The average Bonchev–Trinajstić information content (AvgIpc) is 2.84. The maximum atomic E-state index is 12.2. The third-order valence-electron chi connectivity index (χ3n) is 3.89. The maximum absolute atomic E-state index is 12.2. The minimum Gasteiger partial charge on any atom is -0.349 e. The predicted molar refractivity (Wildman–Crippen MR) is 88.9 cm³/mol. The standard InChI is InChI=1S/C18H19N3O/c1-13-8-9-14(2)21(13)12-10-17(22)20-16-7-3-5-15-6-4-11-19-18(15)16/h3-9,11H,10,12H2,1-2H3,(H,20,22). The molecule has 0 fully saturated rings. The number of nitrogens with zero attached hydrogens (tertiary/aromatic N) is 2. The summed E-state index contributed by atoms with van der Waals surface area (Å²) in [5.41, 5.74) is 3.95. The molecule has 112 valence electrons. The number of hydrogen-bond donors (Lipinski definition) is 1. The van der Waals surface area contributed by atoms with E-state index in [-0.39, 0.29) is 5.91 Å². The fraction of sp³-hybridized carbons (Fsp3) is 0.222. The molecular weight excluding hydrogens is 274 g/mol. The van der Waals surface area contributed by atoms with Crippen molar-refractivity contribution in [1.29, 1.82) is 0 Å². The number of hydrogen-bond acceptors (Lipinski definition) is 2. The van der Waals surface area contributed by atoms with Crippen molar-refractivity contribution in [3.8, 4) is 0 Å². The number of fused-ring (bicyclic) bond motifs is 1. The van der Waals surface area contributed by atoms with Crippen LogP contribution in [0.15, 0.2) is 48.7 Å². The summed E-state index contributed by atoms with van der Waals surface area (Å²) in [4.78, 5) is 16.6. The molecule has 0 spiro atoms. The molecule has 4 heteroatoms. The van der Waals surface area contributed by atoms with Crippen molar-refractivity contribution < 1.29 is 4.79 Å². The molecule has 1 N–H and O–H groups in total. The van der Waals surface area contributed by atoms with E-state index in [1.54, 1.807) is 6.20 Å². The van der Waals surface area contributed by atoms with Crippen LogP contribution in [-0.2, 0) is 11.3 Å². The molecule has 0 bridgehead atoms. The lowest BCUT2D eigenvalue weighted by atomic mass is 10.2. The summed E-state index contributed by atoms with van der Waals surface area (Å²) in [6.07, 6.45) is 2.18. The van der Waals surface area contributed by atoms with Crippen molar-refractivity contribution in [3.63, 3.8) is 0 Å². The zero-order chi connectivity index (χ0) is 15.5. The Hall–Kier alpha value is -2.62. The van der Waals surface area contributed by atoms with E-state index < -0.39 is 0 Å². The molecule has 0 atom stereocenters. The summed E-state index contributed by atoms with van der Waals surface area (Å²) in [5.74, 6) is 0.00523. The molecule has 0 unspecified atom stereocenters. The molecule has 2 aromatic heterocycles. The number of carbonyl (C=O) groups excluding carboxylic acids is 1. The lowest BCUT2D eigenvalue weighted by molar-refractivity contribution is -0.116. The van der Waals surface area contributed by atoms with Gasteiger partial charge in [0.2, 0.25) is 5.91 Å². The minimum atomic E-state index is 0.00523. The van der Waals surface area contributed by atoms with Gasteiger partial charge in [0, 0.05) is 35.9 Å². The number of nitrogens with one attached hydrogen (secondary N) is 1. The molecule has 0 aliphatic rings. The van der Waals surface area contributed by atoms with Gasteiger partial charge in [-0.15, -0.1) is 0 Å². The van der Waals surface area contributed by atoms with Gasteiger partial charge in [-0.3, -0.25) is 9.78 Å². The van der Waals surface area contributed by atoms with E-state index in [0.29, 0.717) is 13.0 Å². The van der Waals surface area contributed by atoms with E-state index in [1.807, 2.05) is 30.3 Å². The summed E-state index contributed by atoms with van der Waals surface area (Å²) >= 11 is 0. The van der Waals surface area contributed by atoms with Crippen LogP contribution in [0.25, 0.3) is 10.9 Å². The predicted octanol–water partition coefficient (Wildman–Crippen LogP) is 3.68. The molecule has 22 heavy (non-hydrogen) atoms. The second kappa shape index (κ2) is 6.02. The third-order valence-corrected chi connectivity index (χ3v) is 3.89. The molecule has 3 aromatic rings. The van der Waals surface area contributed by atoms with E-state index in [1.165, 1.54) is 11.4 Å². The van der Waals surface area contributed by atoms with Crippen LogP contribution in [0.3, 0.4) is 0 Å². The normalized spacial score (nSPS) is 10.8. The second-order valence-corrected chi connectivity index (χ2v) is 5.45. The molecule has 0 aliphatic carbocycles. The van der Waals surface area contributed by atoms with Gasteiger partial charge < -0.3 is 9.88 Å². The Balaban J connectivity index is 1.71. The van der Waals surface area contributed by atoms with Gasteiger partial charge in [-0.1, -0.05) is 18.2 Å². The van der Waals surface area contributed by atoms with Crippen LogP contribution in [0.5, 0.6) is 0 Å². The van der Waals surface area contributed by atoms with Gasteiger partial charge in [0.05, 0.1) is 11.2 Å². The number of para-hydroxylation sites is 1. The molecule has 1 amide bonds. The van der Waals surface area contributed by atoms with Gasteiger partial charge in [0.1, 0.15) is 0 Å². The third kappa shape index (κ3) is 2.86. The number of anilines is 1. The fourth-order valence-corrected chi connectivity index (χ4v) is 2.68. The van der Waals surface area contributed by atoms with E-state index in [4.69, 9.17) is 0 Å². The number of aryl methyl sites for hydroxylation is 2. The first kappa shape index (κ1) is 14.3. The molecular formula is C18H19N3O. The first-order chi connectivity index (χ1) is 10.6. The van der Waals surface area contributed by atoms with Gasteiger partial charge in [-0.25, -0.2) is 0 Å². The maximum Gasteiger partial charge on any atom is 0.226 e. The lowest BCUT2D eigenvalue weighted by Gasteiger charge is -2.10. The summed E-state index contributed by atoms with van der Waals surface area (Å²) in [6, 6.07) is 13.8. The second-order valence-electron chi connectivity index (χ2n) is 5.45. The van der Waals surface area contributed by atoms with Crippen molar-refractivity contribution >= 4 is 22.5 Å². The van der Waals surface area contributed by atoms with Crippen LogP contribution >= 0.6 is 0 Å². The Morgan fingerprint density at radius 3 is 2.59 bits per heavy atom.